The van der Waals surface area contributed by atoms with E-state index in [-0.39, 0.29) is 57.9 Å². The number of aliphatic hydroxyl groups excluding tert-OH is 1. The minimum absolute atomic E-state index is 0. The molecule has 1 aliphatic rings. The van der Waals surface area contributed by atoms with Crippen molar-refractivity contribution in [1.82, 2.24) is 5.32 Å². The number of aliphatic hydroxyl groups is 1. The molecule has 0 bridgehead atoms. The number of aryl methyl sites for hydroxylation is 1. The summed E-state index contributed by atoms with van der Waals surface area (Å²) in [5.74, 6) is -1.16. The molecule has 4 nitrogen and oxygen atoms in total. The minimum Gasteiger partial charge on any atom is -0.548 e. The van der Waals surface area contributed by atoms with Crippen LogP contribution in [0.15, 0.2) is 48.5 Å². The fourth-order valence-electron chi connectivity index (χ4n) is 3.15. The van der Waals surface area contributed by atoms with Gasteiger partial charge < -0.3 is 15.0 Å². The van der Waals surface area contributed by atoms with Crippen LogP contribution in [0.4, 0.5) is 0 Å². The second-order valence-electron chi connectivity index (χ2n) is 5.80. The van der Waals surface area contributed by atoms with Crippen LogP contribution in [0.25, 0.3) is 0 Å². The van der Waals surface area contributed by atoms with Crippen LogP contribution >= 0.6 is 11.6 Å². The molecule has 0 amide bonds. The topological polar surface area (TPSA) is 72.4 Å². The maximum atomic E-state index is 11.8. The number of carbonyl (C=O) groups excluding carboxylic acids is 1. The van der Waals surface area contributed by atoms with E-state index in [0.717, 1.165) is 11.1 Å². The summed E-state index contributed by atoms with van der Waals surface area (Å²) in [5, 5.41) is 25.7. The predicted molar refractivity (Wildman–Crippen MR) is 85.9 cm³/mol. The van der Waals surface area contributed by atoms with Crippen molar-refractivity contribution >= 4 is 17.6 Å². The zero-order chi connectivity index (χ0) is 16.4. The average molecular weight is 370 g/mol. The molecule has 6 heteroatoms. The first kappa shape index (κ1) is 20.1. The van der Waals surface area contributed by atoms with Gasteiger partial charge in [-0.25, -0.2) is 0 Å². The van der Waals surface area contributed by atoms with E-state index in [1.165, 1.54) is 0 Å². The smallest absolute Gasteiger partial charge is 0.548 e. The second-order valence-corrected chi connectivity index (χ2v) is 6.23. The third-order valence-corrected chi connectivity index (χ3v) is 4.70. The van der Waals surface area contributed by atoms with Crippen LogP contribution in [-0.2, 0) is 16.8 Å². The van der Waals surface area contributed by atoms with Gasteiger partial charge in [0, 0.05) is 11.6 Å². The summed E-state index contributed by atoms with van der Waals surface area (Å²) >= 11 is 5.83. The van der Waals surface area contributed by atoms with Crippen molar-refractivity contribution in [2.24, 2.45) is 0 Å². The van der Waals surface area contributed by atoms with Gasteiger partial charge in [-0.15, -0.1) is 0 Å². The molecule has 0 spiro atoms. The Hall–Kier alpha value is -0.244. The average Bonchev–Trinajstić information content (AvgIpc) is 2.93. The van der Waals surface area contributed by atoms with E-state index in [1.807, 2.05) is 18.2 Å². The predicted octanol–water partition coefficient (Wildman–Crippen LogP) is -1.44. The Morgan fingerprint density at radius 2 is 1.92 bits per heavy atom. The SMILES string of the molecule is O=C([O-])C1(NC[C@H](O)c2ccc(Cl)cc2)CCc2ccccc21.[K+]. The van der Waals surface area contributed by atoms with E-state index in [0.29, 0.717) is 23.4 Å². The van der Waals surface area contributed by atoms with Gasteiger partial charge in [-0.1, -0.05) is 48.0 Å². The number of carboxylic acid groups (broad SMARTS) is 1. The van der Waals surface area contributed by atoms with E-state index in [1.54, 1.807) is 30.3 Å². The summed E-state index contributed by atoms with van der Waals surface area (Å²) in [7, 11) is 0. The van der Waals surface area contributed by atoms with Crippen LogP contribution in [0.2, 0.25) is 5.02 Å². The Morgan fingerprint density at radius 3 is 2.58 bits per heavy atom. The molecule has 2 aromatic rings. The molecule has 3 rings (SSSR count). The Morgan fingerprint density at radius 1 is 1.25 bits per heavy atom. The molecule has 2 aromatic carbocycles. The van der Waals surface area contributed by atoms with Gasteiger partial charge in [0.25, 0.3) is 0 Å². The van der Waals surface area contributed by atoms with Crippen molar-refractivity contribution in [2.75, 3.05) is 6.54 Å². The second kappa shape index (κ2) is 8.42. The molecule has 0 aliphatic heterocycles. The van der Waals surface area contributed by atoms with Gasteiger partial charge >= 0.3 is 51.4 Å². The summed E-state index contributed by atoms with van der Waals surface area (Å²) in [6, 6.07) is 14.3. The third-order valence-electron chi connectivity index (χ3n) is 4.45. The van der Waals surface area contributed by atoms with Gasteiger partial charge in [-0.3, -0.25) is 5.32 Å². The van der Waals surface area contributed by atoms with Gasteiger partial charge in [0.15, 0.2) is 0 Å². The quantitative estimate of drug-likeness (QED) is 0.633. The Labute approximate surface area is 188 Å². The van der Waals surface area contributed by atoms with E-state index in [4.69, 9.17) is 11.6 Å². The number of hydrogen-bond donors (Lipinski definition) is 2. The van der Waals surface area contributed by atoms with E-state index >= 15 is 0 Å². The Bertz CT molecular complexity index is 722. The van der Waals surface area contributed by atoms with Gasteiger partial charge in [0.05, 0.1) is 17.6 Å². The van der Waals surface area contributed by atoms with Crippen molar-refractivity contribution < 1.29 is 66.4 Å². The molecule has 0 saturated heterocycles. The molecule has 2 N–H and O–H groups in total. The first-order chi connectivity index (χ1) is 11.0. The molecule has 120 valence electrons. The van der Waals surface area contributed by atoms with Crippen LogP contribution in [0.3, 0.4) is 0 Å². The summed E-state index contributed by atoms with van der Waals surface area (Å²) in [4.78, 5) is 11.8. The van der Waals surface area contributed by atoms with Crippen molar-refractivity contribution in [2.45, 2.75) is 24.5 Å². The number of rotatable bonds is 5. The minimum atomic E-state index is -1.25. The fourth-order valence-corrected chi connectivity index (χ4v) is 3.28. The molecular formula is C18H17ClKNO3. The van der Waals surface area contributed by atoms with Crippen LogP contribution in [0.1, 0.15) is 29.2 Å². The van der Waals surface area contributed by atoms with Crippen molar-refractivity contribution in [3.8, 4) is 0 Å². The monoisotopic (exact) mass is 369 g/mol. The largest absolute Gasteiger partial charge is 1.00 e. The molecule has 24 heavy (non-hydrogen) atoms. The first-order valence-corrected chi connectivity index (χ1v) is 7.89. The van der Waals surface area contributed by atoms with Crippen LogP contribution in [0.5, 0.6) is 0 Å². The Kier molecular flexibility index (Phi) is 7.05. The molecule has 1 aliphatic carbocycles. The number of carboxylic acids is 1. The summed E-state index contributed by atoms with van der Waals surface area (Å²) in [6.07, 6.45) is 0.271. The molecule has 0 radical (unpaired) electrons. The summed E-state index contributed by atoms with van der Waals surface area (Å²) < 4.78 is 0. The third kappa shape index (κ3) is 3.94. The first-order valence-electron chi connectivity index (χ1n) is 7.51. The van der Waals surface area contributed by atoms with Gasteiger partial charge in [-0.2, -0.15) is 0 Å². The zero-order valence-electron chi connectivity index (χ0n) is 13.5. The number of hydrogen-bond acceptors (Lipinski definition) is 4. The van der Waals surface area contributed by atoms with Crippen LogP contribution in [0, 0.1) is 0 Å². The standard InChI is InChI=1S/C18H18ClNO3.K/c19-14-7-5-13(6-8-14)16(21)11-20-18(17(22)23)10-9-12-3-1-2-4-15(12)18;/h1-8,16,20-21H,9-11H2,(H,22,23);/q;+1/p-1/t16-,18?;/m0./s1. The number of carbonyl (C=O) groups is 1. The van der Waals surface area contributed by atoms with Gasteiger partial charge in [0.1, 0.15) is 0 Å². The van der Waals surface area contributed by atoms with E-state index < -0.39 is 17.6 Å². The fraction of sp³-hybridized carbons (Fsp3) is 0.278. The van der Waals surface area contributed by atoms with E-state index in [2.05, 4.69) is 5.32 Å². The zero-order valence-corrected chi connectivity index (χ0v) is 17.3. The van der Waals surface area contributed by atoms with E-state index in [9.17, 15) is 15.0 Å². The number of nitrogens with one attached hydrogen (secondary N) is 1. The Balaban J connectivity index is 0.00000208. The number of halogens is 1. The molecule has 0 fully saturated rings. The molecule has 2 atom stereocenters. The number of fused-ring (bicyclic) bond motifs is 1. The number of benzene rings is 2. The van der Waals surface area contributed by atoms with Crippen molar-refractivity contribution in [3.05, 3.63) is 70.2 Å². The maximum absolute atomic E-state index is 11.8. The molecule has 0 aromatic heterocycles. The van der Waals surface area contributed by atoms with Crippen LogP contribution in [-0.4, -0.2) is 17.6 Å². The maximum Gasteiger partial charge on any atom is 1.00 e. The summed E-state index contributed by atoms with van der Waals surface area (Å²) in [5.41, 5.74) is 1.17. The normalized spacial score (nSPS) is 20.1. The van der Waals surface area contributed by atoms with Crippen LogP contribution < -0.4 is 61.8 Å². The molecule has 0 saturated carbocycles. The molecular weight excluding hydrogens is 353 g/mol. The van der Waals surface area contributed by atoms with Crippen molar-refractivity contribution in [1.29, 1.82) is 0 Å². The van der Waals surface area contributed by atoms with Gasteiger partial charge in [0.2, 0.25) is 0 Å². The van der Waals surface area contributed by atoms with Gasteiger partial charge in [-0.05, 0) is 41.7 Å². The number of aliphatic carboxylic acids is 1. The summed E-state index contributed by atoms with van der Waals surface area (Å²) in [6.45, 7) is 0.115. The molecule has 1 unspecified atom stereocenters. The van der Waals surface area contributed by atoms with Crippen molar-refractivity contribution in [3.63, 3.8) is 0 Å². The molecule has 0 heterocycles.